The molecule has 0 N–H and O–H groups in total. The molecule has 1 amide bonds. The van der Waals surface area contributed by atoms with Gasteiger partial charge in [0.05, 0.1) is 30.3 Å². The largest absolute Gasteiger partial charge is 0.378 e. The highest BCUT2D eigenvalue weighted by atomic mass is 16.6. The van der Waals surface area contributed by atoms with E-state index >= 15 is 0 Å². The summed E-state index contributed by atoms with van der Waals surface area (Å²) in [5.74, 6) is -0.193. The molecule has 0 radical (unpaired) electrons. The van der Waals surface area contributed by atoms with Gasteiger partial charge in [0.25, 0.3) is 11.6 Å². The van der Waals surface area contributed by atoms with Crippen molar-refractivity contribution in [3.05, 3.63) is 33.9 Å². The Kier molecular flexibility index (Phi) is 5.19. The zero-order chi connectivity index (χ0) is 18.0. The van der Waals surface area contributed by atoms with Gasteiger partial charge in [-0.25, -0.2) is 0 Å². The molecule has 3 rings (SSSR count). The van der Waals surface area contributed by atoms with Crippen LogP contribution >= 0.6 is 0 Å². The number of benzene rings is 1. The predicted octanol–water partition coefficient (Wildman–Crippen LogP) is 1.68. The first-order chi connectivity index (χ1) is 12.0. The Morgan fingerprint density at radius 3 is 2.44 bits per heavy atom. The van der Waals surface area contributed by atoms with Gasteiger partial charge in [-0.1, -0.05) is 0 Å². The van der Waals surface area contributed by atoms with Crippen molar-refractivity contribution < 1.29 is 19.2 Å². The quantitative estimate of drug-likeness (QED) is 0.610. The van der Waals surface area contributed by atoms with Crippen molar-refractivity contribution in [2.24, 2.45) is 0 Å². The predicted molar refractivity (Wildman–Crippen MR) is 92.0 cm³/mol. The van der Waals surface area contributed by atoms with Crippen molar-refractivity contribution in [2.45, 2.75) is 26.1 Å². The van der Waals surface area contributed by atoms with Gasteiger partial charge < -0.3 is 19.3 Å². The monoisotopic (exact) mass is 349 g/mol. The van der Waals surface area contributed by atoms with E-state index < -0.39 is 4.92 Å². The van der Waals surface area contributed by atoms with Gasteiger partial charge >= 0.3 is 0 Å². The standard InChI is InChI=1S/C17H23N3O5/c1-12-10-19(11-13(2)25-12)15-4-3-14(9-16(15)20(22)23)17(21)18-5-7-24-8-6-18/h3-4,9,12-13H,5-8,10-11H2,1-2H3. The van der Waals surface area contributed by atoms with Crippen LogP contribution in [0.15, 0.2) is 18.2 Å². The summed E-state index contributed by atoms with van der Waals surface area (Å²) in [6, 6.07) is 4.74. The number of hydrogen-bond acceptors (Lipinski definition) is 6. The zero-order valence-electron chi connectivity index (χ0n) is 14.5. The molecule has 1 aromatic carbocycles. The maximum absolute atomic E-state index is 12.6. The van der Waals surface area contributed by atoms with Crippen molar-refractivity contribution in [1.29, 1.82) is 0 Å². The van der Waals surface area contributed by atoms with Crippen LogP contribution in [0.2, 0.25) is 0 Å². The van der Waals surface area contributed by atoms with Crippen LogP contribution in [-0.2, 0) is 9.47 Å². The molecule has 0 saturated carbocycles. The number of carbonyl (C=O) groups excluding carboxylic acids is 1. The van der Waals surface area contributed by atoms with E-state index in [1.807, 2.05) is 18.7 Å². The smallest absolute Gasteiger partial charge is 0.293 e. The fraction of sp³-hybridized carbons (Fsp3) is 0.588. The summed E-state index contributed by atoms with van der Waals surface area (Å²) in [4.78, 5) is 27.4. The lowest BCUT2D eigenvalue weighted by Gasteiger charge is -2.36. The summed E-state index contributed by atoms with van der Waals surface area (Å²) in [7, 11) is 0. The molecule has 8 nitrogen and oxygen atoms in total. The van der Waals surface area contributed by atoms with Crippen LogP contribution in [0.5, 0.6) is 0 Å². The fourth-order valence-electron chi connectivity index (χ4n) is 3.39. The highest BCUT2D eigenvalue weighted by Gasteiger charge is 2.29. The summed E-state index contributed by atoms with van der Waals surface area (Å²) < 4.78 is 10.9. The topological polar surface area (TPSA) is 85.2 Å². The van der Waals surface area contributed by atoms with Gasteiger partial charge in [-0.3, -0.25) is 14.9 Å². The highest BCUT2D eigenvalue weighted by molar-refractivity contribution is 5.96. The molecule has 25 heavy (non-hydrogen) atoms. The lowest BCUT2D eigenvalue weighted by Crippen LogP contribution is -2.45. The highest BCUT2D eigenvalue weighted by Crippen LogP contribution is 2.32. The second-order valence-corrected chi connectivity index (χ2v) is 6.53. The van der Waals surface area contributed by atoms with Crippen molar-refractivity contribution in [2.75, 3.05) is 44.3 Å². The minimum atomic E-state index is -0.420. The minimum Gasteiger partial charge on any atom is -0.378 e. The van der Waals surface area contributed by atoms with Crippen LogP contribution in [0.4, 0.5) is 11.4 Å². The van der Waals surface area contributed by atoms with Crippen LogP contribution in [0.25, 0.3) is 0 Å². The summed E-state index contributed by atoms with van der Waals surface area (Å²) in [6.45, 7) is 7.07. The molecule has 2 aliphatic heterocycles. The Hall–Kier alpha value is -2.19. The van der Waals surface area contributed by atoms with E-state index in [0.29, 0.717) is 50.6 Å². The van der Waals surface area contributed by atoms with Gasteiger partial charge in [0, 0.05) is 37.8 Å². The van der Waals surface area contributed by atoms with Gasteiger partial charge in [-0.2, -0.15) is 0 Å². The summed E-state index contributed by atoms with van der Waals surface area (Å²) in [5, 5.41) is 11.6. The van der Waals surface area contributed by atoms with Gasteiger partial charge in [0.2, 0.25) is 0 Å². The molecule has 136 valence electrons. The molecule has 2 heterocycles. The fourth-order valence-corrected chi connectivity index (χ4v) is 3.39. The molecule has 0 aromatic heterocycles. The summed E-state index contributed by atoms with van der Waals surface area (Å²) in [5.41, 5.74) is 0.831. The number of nitro groups is 1. The number of hydrogen-bond donors (Lipinski definition) is 0. The molecular formula is C17H23N3O5. The molecule has 2 atom stereocenters. The molecule has 0 spiro atoms. The first kappa shape index (κ1) is 17.6. The Balaban J connectivity index is 1.87. The Morgan fingerprint density at radius 2 is 1.84 bits per heavy atom. The summed E-state index contributed by atoms with van der Waals surface area (Å²) in [6.07, 6.45) is -0.00368. The number of rotatable bonds is 3. The van der Waals surface area contributed by atoms with Crippen LogP contribution in [0.3, 0.4) is 0 Å². The Labute approximate surface area is 146 Å². The second-order valence-electron chi connectivity index (χ2n) is 6.53. The van der Waals surface area contributed by atoms with Gasteiger partial charge in [-0.15, -0.1) is 0 Å². The maximum Gasteiger partial charge on any atom is 0.293 e. The van der Waals surface area contributed by atoms with Crippen molar-refractivity contribution in [1.82, 2.24) is 4.90 Å². The van der Waals surface area contributed by atoms with Gasteiger partial charge in [0.1, 0.15) is 5.69 Å². The Morgan fingerprint density at radius 1 is 1.20 bits per heavy atom. The third-order valence-corrected chi connectivity index (χ3v) is 4.48. The number of nitrogens with zero attached hydrogens (tertiary/aromatic N) is 3. The number of carbonyl (C=O) groups is 1. The number of morpholine rings is 2. The lowest BCUT2D eigenvalue weighted by molar-refractivity contribution is -0.384. The van der Waals surface area contributed by atoms with E-state index in [9.17, 15) is 14.9 Å². The zero-order valence-corrected chi connectivity index (χ0v) is 14.5. The van der Waals surface area contributed by atoms with Crippen molar-refractivity contribution in [3.63, 3.8) is 0 Å². The van der Waals surface area contributed by atoms with Crippen LogP contribution in [0.1, 0.15) is 24.2 Å². The molecule has 2 fully saturated rings. The van der Waals surface area contributed by atoms with E-state index in [1.54, 1.807) is 17.0 Å². The van der Waals surface area contributed by atoms with E-state index in [0.717, 1.165) is 0 Å². The van der Waals surface area contributed by atoms with E-state index in [4.69, 9.17) is 9.47 Å². The van der Waals surface area contributed by atoms with Crippen molar-refractivity contribution in [3.8, 4) is 0 Å². The number of amides is 1. The molecule has 2 unspecified atom stereocenters. The molecule has 0 bridgehead atoms. The molecule has 2 saturated heterocycles. The Bertz CT molecular complexity index is 650. The van der Waals surface area contributed by atoms with Gasteiger partial charge in [0.15, 0.2) is 0 Å². The molecule has 1 aromatic rings. The number of ether oxygens (including phenoxy) is 2. The average Bonchev–Trinajstić information content (AvgIpc) is 2.60. The normalized spacial score (nSPS) is 24.2. The summed E-state index contributed by atoms with van der Waals surface area (Å²) >= 11 is 0. The first-order valence-corrected chi connectivity index (χ1v) is 8.51. The molecule has 2 aliphatic rings. The second kappa shape index (κ2) is 7.37. The third kappa shape index (κ3) is 3.91. The molecule has 8 heteroatoms. The number of nitro benzene ring substituents is 1. The van der Waals surface area contributed by atoms with Crippen LogP contribution in [0, 0.1) is 10.1 Å². The van der Waals surface area contributed by atoms with Crippen LogP contribution < -0.4 is 4.90 Å². The SMILES string of the molecule is CC1CN(c2ccc(C(=O)N3CCOCC3)cc2[N+](=O)[O-])CC(C)O1. The number of anilines is 1. The van der Waals surface area contributed by atoms with Crippen molar-refractivity contribution >= 4 is 17.3 Å². The van der Waals surface area contributed by atoms with E-state index in [1.165, 1.54) is 6.07 Å². The van der Waals surface area contributed by atoms with Crippen LogP contribution in [-0.4, -0.2) is 67.3 Å². The van der Waals surface area contributed by atoms with Gasteiger partial charge in [-0.05, 0) is 26.0 Å². The van der Waals surface area contributed by atoms with E-state index in [2.05, 4.69) is 0 Å². The van der Waals surface area contributed by atoms with E-state index in [-0.39, 0.29) is 23.8 Å². The average molecular weight is 349 g/mol. The molecular weight excluding hydrogens is 326 g/mol. The lowest BCUT2D eigenvalue weighted by atomic mass is 10.1. The minimum absolute atomic E-state index is 0.00184. The maximum atomic E-state index is 12.6. The first-order valence-electron chi connectivity index (χ1n) is 8.51. The third-order valence-electron chi connectivity index (χ3n) is 4.48. The molecule has 0 aliphatic carbocycles.